The van der Waals surface area contributed by atoms with Gasteiger partial charge in [0.05, 0.1) is 25.0 Å². The summed E-state index contributed by atoms with van der Waals surface area (Å²) in [5.74, 6) is 1.26. The molecule has 144 valence electrons. The maximum absolute atomic E-state index is 14.0. The van der Waals surface area contributed by atoms with Crippen molar-refractivity contribution in [1.29, 1.82) is 0 Å². The highest BCUT2D eigenvalue weighted by atomic mass is 19.1. The van der Waals surface area contributed by atoms with Gasteiger partial charge in [-0.3, -0.25) is 4.90 Å². The first-order valence-corrected chi connectivity index (χ1v) is 9.50. The average Bonchev–Trinajstić information content (AvgIpc) is 2.94. The number of β-amino-alcohol motifs (C(OH)–C–C–N with tert-alkyl or cyclic N) is 1. The zero-order valence-electron chi connectivity index (χ0n) is 15.3. The number of aliphatic hydroxyl groups is 1. The molecule has 0 bridgehead atoms. The van der Waals surface area contributed by atoms with E-state index in [9.17, 15) is 9.50 Å². The lowest BCUT2D eigenvalue weighted by Crippen LogP contribution is -2.47. The first kappa shape index (κ1) is 18.1. The fourth-order valence-electron chi connectivity index (χ4n) is 3.62. The third-order valence-electron chi connectivity index (χ3n) is 5.15. The third kappa shape index (κ3) is 4.17. The number of para-hydroxylation sites is 1. The van der Waals surface area contributed by atoms with Gasteiger partial charge in [0.1, 0.15) is 5.82 Å². The van der Waals surface area contributed by atoms with E-state index in [1.807, 2.05) is 30.3 Å². The maximum atomic E-state index is 14.0. The summed E-state index contributed by atoms with van der Waals surface area (Å²) in [6, 6.07) is 12.5. The molecule has 2 aliphatic rings. The van der Waals surface area contributed by atoms with Crippen molar-refractivity contribution in [2.75, 3.05) is 50.8 Å². The van der Waals surface area contributed by atoms with E-state index >= 15 is 0 Å². The Labute approximate surface area is 158 Å². The molecule has 0 aliphatic carbocycles. The van der Waals surface area contributed by atoms with E-state index in [-0.39, 0.29) is 5.82 Å². The summed E-state index contributed by atoms with van der Waals surface area (Å²) in [4.78, 5) is 4.27. The number of rotatable bonds is 4. The molecule has 0 amide bonds. The molecular formula is C21H25FN2O3. The molecule has 2 aromatic carbocycles. The summed E-state index contributed by atoms with van der Waals surface area (Å²) in [6.45, 7) is 4.89. The van der Waals surface area contributed by atoms with Crippen LogP contribution in [0.15, 0.2) is 42.5 Å². The highest BCUT2D eigenvalue weighted by Crippen LogP contribution is 2.32. The minimum atomic E-state index is -0.595. The lowest BCUT2D eigenvalue weighted by Gasteiger charge is -2.37. The molecular weight excluding hydrogens is 347 g/mol. The van der Waals surface area contributed by atoms with Crippen molar-refractivity contribution < 1.29 is 19.0 Å². The second-order valence-electron chi connectivity index (χ2n) is 7.01. The van der Waals surface area contributed by atoms with Crippen LogP contribution in [0.3, 0.4) is 0 Å². The smallest absolute Gasteiger partial charge is 0.161 e. The lowest BCUT2D eigenvalue weighted by molar-refractivity contribution is 0.109. The van der Waals surface area contributed by atoms with Crippen molar-refractivity contribution in [1.82, 2.24) is 4.90 Å². The summed E-state index contributed by atoms with van der Waals surface area (Å²) in [6.07, 6.45) is 0.265. The van der Waals surface area contributed by atoms with E-state index in [2.05, 4.69) is 9.80 Å². The highest BCUT2D eigenvalue weighted by Gasteiger charge is 2.22. The summed E-state index contributed by atoms with van der Waals surface area (Å²) in [7, 11) is 0. The number of aliphatic hydroxyl groups excluding tert-OH is 1. The largest absolute Gasteiger partial charge is 0.490 e. The second-order valence-corrected chi connectivity index (χ2v) is 7.01. The van der Waals surface area contributed by atoms with Crippen molar-refractivity contribution in [2.24, 2.45) is 0 Å². The van der Waals surface area contributed by atoms with Gasteiger partial charge in [0.15, 0.2) is 11.5 Å². The number of hydrogen-bond acceptors (Lipinski definition) is 5. The summed E-state index contributed by atoms with van der Waals surface area (Å²) in [5.41, 5.74) is 1.48. The molecule has 4 rings (SSSR count). The van der Waals surface area contributed by atoms with Crippen molar-refractivity contribution in [3.63, 3.8) is 0 Å². The van der Waals surface area contributed by atoms with Gasteiger partial charge >= 0.3 is 0 Å². The molecule has 27 heavy (non-hydrogen) atoms. The summed E-state index contributed by atoms with van der Waals surface area (Å²) >= 11 is 0. The number of piperazine rings is 1. The summed E-state index contributed by atoms with van der Waals surface area (Å²) < 4.78 is 25.3. The Morgan fingerprint density at radius 3 is 2.48 bits per heavy atom. The molecule has 1 fully saturated rings. The first-order valence-electron chi connectivity index (χ1n) is 9.50. The van der Waals surface area contributed by atoms with Crippen LogP contribution in [0.25, 0.3) is 0 Å². The normalized spacial score (nSPS) is 18.8. The van der Waals surface area contributed by atoms with Crippen molar-refractivity contribution in [3.05, 3.63) is 53.8 Å². The number of nitrogens with zero attached hydrogens (tertiary/aromatic N) is 2. The van der Waals surface area contributed by atoms with Gasteiger partial charge in [-0.1, -0.05) is 18.2 Å². The molecule has 6 heteroatoms. The molecule has 0 saturated carbocycles. The molecule has 5 nitrogen and oxygen atoms in total. The first-order chi connectivity index (χ1) is 13.2. The molecule has 0 spiro atoms. The number of ether oxygens (including phenoxy) is 2. The van der Waals surface area contributed by atoms with Crippen LogP contribution in [0.2, 0.25) is 0 Å². The Kier molecular flexibility index (Phi) is 5.45. The quantitative estimate of drug-likeness (QED) is 0.894. The zero-order valence-corrected chi connectivity index (χ0v) is 15.3. The van der Waals surface area contributed by atoms with Gasteiger partial charge in [0.25, 0.3) is 0 Å². The number of hydrogen-bond donors (Lipinski definition) is 1. The van der Waals surface area contributed by atoms with Gasteiger partial charge in [-0.15, -0.1) is 0 Å². The standard InChI is InChI=1S/C21H25FN2O3/c22-17-4-1-2-5-18(17)24-10-8-23(9-11-24)15-19(25)16-6-7-20-21(14-16)27-13-3-12-26-20/h1-2,4-7,14,19,25H,3,8-13,15H2/t19-/m1/s1. The Hall–Kier alpha value is -2.31. The fraction of sp³-hybridized carbons (Fsp3) is 0.429. The minimum absolute atomic E-state index is 0.182. The van der Waals surface area contributed by atoms with Crippen LogP contribution in [0.5, 0.6) is 11.5 Å². The van der Waals surface area contributed by atoms with E-state index in [0.717, 1.165) is 43.9 Å². The third-order valence-corrected chi connectivity index (χ3v) is 5.15. The Morgan fingerprint density at radius 2 is 1.70 bits per heavy atom. The van der Waals surface area contributed by atoms with Gasteiger partial charge in [-0.25, -0.2) is 4.39 Å². The molecule has 2 aliphatic heterocycles. The van der Waals surface area contributed by atoms with E-state index in [1.165, 1.54) is 6.07 Å². The van der Waals surface area contributed by atoms with E-state index in [0.29, 0.717) is 31.2 Å². The van der Waals surface area contributed by atoms with Crippen LogP contribution in [0.1, 0.15) is 18.1 Å². The maximum Gasteiger partial charge on any atom is 0.161 e. The molecule has 1 N–H and O–H groups in total. The predicted molar refractivity (Wildman–Crippen MR) is 102 cm³/mol. The van der Waals surface area contributed by atoms with Gasteiger partial charge in [0.2, 0.25) is 0 Å². The number of anilines is 1. The Bertz CT molecular complexity index is 778. The van der Waals surface area contributed by atoms with Gasteiger partial charge in [0, 0.05) is 39.1 Å². The van der Waals surface area contributed by atoms with E-state index in [1.54, 1.807) is 6.07 Å². The van der Waals surface area contributed by atoms with Crippen LogP contribution < -0.4 is 14.4 Å². The summed E-state index contributed by atoms with van der Waals surface area (Å²) in [5, 5.41) is 10.7. The molecule has 1 atom stereocenters. The monoisotopic (exact) mass is 372 g/mol. The van der Waals surface area contributed by atoms with Gasteiger partial charge in [-0.2, -0.15) is 0 Å². The van der Waals surface area contributed by atoms with Crippen LogP contribution in [-0.2, 0) is 0 Å². The molecule has 2 aromatic rings. The van der Waals surface area contributed by atoms with Crippen molar-refractivity contribution in [2.45, 2.75) is 12.5 Å². The number of fused-ring (bicyclic) bond motifs is 1. The number of halogens is 1. The van der Waals surface area contributed by atoms with Gasteiger partial charge < -0.3 is 19.5 Å². The van der Waals surface area contributed by atoms with Crippen LogP contribution in [-0.4, -0.2) is 55.9 Å². The fourth-order valence-corrected chi connectivity index (χ4v) is 3.62. The highest BCUT2D eigenvalue weighted by molar-refractivity contribution is 5.48. The predicted octanol–water partition coefficient (Wildman–Crippen LogP) is 2.84. The Balaban J connectivity index is 1.35. The van der Waals surface area contributed by atoms with Crippen LogP contribution in [0, 0.1) is 5.82 Å². The Morgan fingerprint density at radius 1 is 0.963 bits per heavy atom. The lowest BCUT2D eigenvalue weighted by atomic mass is 10.1. The van der Waals surface area contributed by atoms with Gasteiger partial charge in [-0.05, 0) is 29.8 Å². The molecule has 0 aromatic heterocycles. The number of benzene rings is 2. The van der Waals surface area contributed by atoms with Crippen LogP contribution >= 0.6 is 0 Å². The molecule has 0 unspecified atom stereocenters. The van der Waals surface area contributed by atoms with E-state index < -0.39 is 6.10 Å². The van der Waals surface area contributed by atoms with Crippen LogP contribution in [0.4, 0.5) is 10.1 Å². The second kappa shape index (κ2) is 8.15. The molecule has 0 radical (unpaired) electrons. The molecule has 2 heterocycles. The van der Waals surface area contributed by atoms with Crippen molar-refractivity contribution >= 4 is 5.69 Å². The average molecular weight is 372 g/mol. The zero-order chi connectivity index (χ0) is 18.6. The topological polar surface area (TPSA) is 45.2 Å². The minimum Gasteiger partial charge on any atom is -0.490 e. The van der Waals surface area contributed by atoms with E-state index in [4.69, 9.17) is 9.47 Å². The SMILES string of the molecule is O[C@H](CN1CCN(c2ccccc2F)CC1)c1ccc2c(c1)OCCCO2. The van der Waals surface area contributed by atoms with Crippen molar-refractivity contribution in [3.8, 4) is 11.5 Å². The molecule has 1 saturated heterocycles.